The van der Waals surface area contributed by atoms with E-state index in [0.29, 0.717) is 16.5 Å². The minimum atomic E-state index is -0.518. The van der Waals surface area contributed by atoms with Crippen LogP contribution in [0.25, 0.3) is 10.8 Å². The minimum Gasteiger partial charge on any atom is -0.507 e. The molecule has 2 aromatic carbocycles. The highest BCUT2D eigenvalue weighted by Gasteiger charge is 2.06. The van der Waals surface area contributed by atoms with Gasteiger partial charge in [0.05, 0.1) is 0 Å². The van der Waals surface area contributed by atoms with Crippen LogP contribution in [0, 0.1) is 0 Å². The first-order valence-corrected chi connectivity index (χ1v) is 4.77. The van der Waals surface area contributed by atoms with E-state index < -0.39 is 5.97 Å². The maximum Gasteiger partial charge on any atom is 0.335 e. The molecule has 3 nitrogen and oxygen atoms in total. The molecule has 0 unspecified atom stereocenters. The Labute approximate surface area is 92.6 Å². The lowest BCUT2D eigenvalue weighted by Gasteiger charge is -2.06. The summed E-state index contributed by atoms with van der Waals surface area (Å²) in [6, 6.07) is 10.2. The Morgan fingerprint density at radius 1 is 1.19 bits per heavy atom. The summed E-state index contributed by atoms with van der Waals surface area (Å²) in [4.78, 5) is 11.1. The molecule has 0 aliphatic rings. The van der Waals surface area contributed by atoms with Gasteiger partial charge in [0.15, 0.2) is 0 Å². The van der Waals surface area contributed by atoms with Gasteiger partial charge in [0.2, 0.25) is 0 Å². The molecule has 0 aromatic heterocycles. The van der Waals surface area contributed by atoms with Gasteiger partial charge in [0.1, 0.15) is 11.5 Å². The van der Waals surface area contributed by atoms with Gasteiger partial charge in [-0.05, 0) is 12.1 Å². The van der Waals surface area contributed by atoms with Crippen molar-refractivity contribution in [2.45, 2.75) is 0 Å². The monoisotopic (exact) mass is 214 g/mol. The second kappa shape index (κ2) is 4.06. The first-order valence-electron chi connectivity index (χ1n) is 4.77. The molecule has 0 aliphatic carbocycles. The highest BCUT2D eigenvalue weighted by Crippen LogP contribution is 2.31. The predicted molar refractivity (Wildman–Crippen MR) is 61.4 cm³/mol. The number of carbonyl (C=O) groups is 1. The van der Waals surface area contributed by atoms with Crippen LogP contribution in [0.2, 0.25) is 0 Å². The van der Waals surface area contributed by atoms with Crippen molar-refractivity contribution in [1.82, 2.24) is 0 Å². The molecule has 0 fully saturated rings. The Hall–Kier alpha value is -2.29. The number of phenolic OH excluding ortho intramolecular Hbond substituents is 1. The maximum atomic E-state index is 11.1. The lowest BCUT2D eigenvalue weighted by molar-refractivity contribution is -0.128. The Morgan fingerprint density at radius 3 is 2.62 bits per heavy atom. The molecule has 0 atom stereocenters. The van der Waals surface area contributed by atoms with Crippen molar-refractivity contribution >= 4 is 16.7 Å². The molecular weight excluding hydrogens is 204 g/mol. The lowest BCUT2D eigenvalue weighted by Crippen LogP contribution is -2.03. The molecule has 80 valence electrons. The number of fused-ring (bicyclic) bond motifs is 1. The van der Waals surface area contributed by atoms with E-state index in [1.165, 1.54) is 0 Å². The van der Waals surface area contributed by atoms with Crippen LogP contribution >= 0.6 is 0 Å². The molecule has 0 bridgehead atoms. The van der Waals surface area contributed by atoms with E-state index in [1.54, 1.807) is 36.4 Å². The van der Waals surface area contributed by atoms with Crippen molar-refractivity contribution in [3.8, 4) is 11.5 Å². The summed E-state index contributed by atoms with van der Waals surface area (Å²) in [5.74, 6) is 0.0585. The van der Waals surface area contributed by atoms with Crippen LogP contribution < -0.4 is 4.74 Å². The Morgan fingerprint density at radius 2 is 1.88 bits per heavy atom. The van der Waals surface area contributed by atoms with Gasteiger partial charge in [-0.1, -0.05) is 30.8 Å². The molecule has 1 N–H and O–H groups in total. The highest BCUT2D eigenvalue weighted by atomic mass is 16.5. The molecule has 0 saturated carbocycles. The fourth-order valence-electron chi connectivity index (χ4n) is 1.50. The zero-order valence-electron chi connectivity index (χ0n) is 8.51. The number of hydrogen-bond donors (Lipinski definition) is 1. The van der Waals surface area contributed by atoms with Gasteiger partial charge in [0.25, 0.3) is 0 Å². The number of phenols is 1. The molecular formula is C13H10O3. The normalized spacial score (nSPS) is 10.0. The van der Waals surface area contributed by atoms with Gasteiger partial charge in [0, 0.05) is 16.8 Å². The molecule has 2 aromatic rings. The van der Waals surface area contributed by atoms with Crippen LogP contribution in [0.3, 0.4) is 0 Å². The Kier molecular flexibility index (Phi) is 2.60. The van der Waals surface area contributed by atoms with Crippen molar-refractivity contribution in [2.24, 2.45) is 0 Å². The second-order valence-corrected chi connectivity index (χ2v) is 3.25. The molecule has 0 radical (unpaired) electrons. The lowest BCUT2D eigenvalue weighted by atomic mass is 10.1. The summed E-state index contributed by atoms with van der Waals surface area (Å²) in [6.07, 6.45) is 1.10. The first kappa shape index (κ1) is 10.2. The summed E-state index contributed by atoms with van der Waals surface area (Å²) >= 11 is 0. The van der Waals surface area contributed by atoms with E-state index in [9.17, 15) is 9.90 Å². The topological polar surface area (TPSA) is 46.5 Å². The first-order chi connectivity index (χ1) is 7.72. The Bertz CT molecular complexity index is 558. The van der Waals surface area contributed by atoms with Gasteiger partial charge in [-0.15, -0.1) is 0 Å². The third kappa shape index (κ3) is 1.75. The van der Waals surface area contributed by atoms with Crippen LogP contribution in [0.1, 0.15) is 0 Å². The second-order valence-electron chi connectivity index (χ2n) is 3.25. The molecule has 0 aliphatic heterocycles. The molecule has 0 spiro atoms. The summed E-state index contributed by atoms with van der Waals surface area (Å²) < 4.78 is 5.06. The summed E-state index contributed by atoms with van der Waals surface area (Å²) in [7, 11) is 0. The standard InChI is InChI=1S/C13H10O3/c1-2-13(15)16-12-8-4-5-9-10(12)6-3-7-11(9)14/h2-8,14H,1H2. The molecule has 0 amide bonds. The van der Waals surface area contributed by atoms with Crippen molar-refractivity contribution in [3.05, 3.63) is 49.1 Å². The number of ether oxygens (including phenoxy) is 1. The quantitative estimate of drug-likeness (QED) is 0.475. The summed E-state index contributed by atoms with van der Waals surface area (Å²) in [5.41, 5.74) is 0. The van der Waals surface area contributed by atoms with Crippen LogP contribution in [0.5, 0.6) is 11.5 Å². The average Bonchev–Trinajstić information content (AvgIpc) is 2.30. The smallest absolute Gasteiger partial charge is 0.335 e. The zero-order chi connectivity index (χ0) is 11.5. The van der Waals surface area contributed by atoms with Gasteiger partial charge < -0.3 is 9.84 Å². The average molecular weight is 214 g/mol. The maximum absolute atomic E-state index is 11.1. The van der Waals surface area contributed by atoms with Gasteiger partial charge in [-0.3, -0.25) is 0 Å². The van der Waals surface area contributed by atoms with Crippen LogP contribution in [-0.4, -0.2) is 11.1 Å². The zero-order valence-corrected chi connectivity index (χ0v) is 8.51. The van der Waals surface area contributed by atoms with E-state index in [4.69, 9.17) is 4.74 Å². The number of carbonyl (C=O) groups excluding carboxylic acids is 1. The molecule has 0 saturated heterocycles. The predicted octanol–water partition coefficient (Wildman–Crippen LogP) is 2.64. The third-order valence-corrected chi connectivity index (χ3v) is 2.24. The number of rotatable bonds is 2. The van der Waals surface area contributed by atoms with E-state index in [2.05, 4.69) is 6.58 Å². The van der Waals surface area contributed by atoms with Crippen LogP contribution in [-0.2, 0) is 4.79 Å². The van der Waals surface area contributed by atoms with E-state index >= 15 is 0 Å². The summed E-state index contributed by atoms with van der Waals surface area (Å²) in [5, 5.41) is 11.0. The van der Waals surface area contributed by atoms with Gasteiger partial charge in [-0.25, -0.2) is 4.79 Å². The number of benzene rings is 2. The van der Waals surface area contributed by atoms with Crippen LogP contribution in [0.4, 0.5) is 0 Å². The van der Waals surface area contributed by atoms with Crippen molar-refractivity contribution in [2.75, 3.05) is 0 Å². The van der Waals surface area contributed by atoms with Crippen LogP contribution in [0.15, 0.2) is 49.1 Å². The van der Waals surface area contributed by atoms with Crippen molar-refractivity contribution in [3.63, 3.8) is 0 Å². The molecule has 0 heterocycles. The number of hydrogen-bond acceptors (Lipinski definition) is 3. The molecule has 16 heavy (non-hydrogen) atoms. The summed E-state index contributed by atoms with van der Waals surface area (Å²) in [6.45, 7) is 3.33. The molecule has 3 heteroatoms. The van der Waals surface area contributed by atoms with Crippen molar-refractivity contribution < 1.29 is 14.6 Å². The highest BCUT2D eigenvalue weighted by molar-refractivity contribution is 5.95. The fraction of sp³-hybridized carbons (Fsp3) is 0. The number of aromatic hydroxyl groups is 1. The SMILES string of the molecule is C=CC(=O)Oc1cccc2c(O)cccc12. The number of esters is 1. The van der Waals surface area contributed by atoms with E-state index in [0.717, 1.165) is 6.08 Å². The van der Waals surface area contributed by atoms with E-state index in [1.807, 2.05) is 0 Å². The Balaban J connectivity index is 2.58. The third-order valence-electron chi connectivity index (χ3n) is 2.24. The van der Waals surface area contributed by atoms with Gasteiger partial charge in [-0.2, -0.15) is 0 Å². The van der Waals surface area contributed by atoms with E-state index in [-0.39, 0.29) is 5.75 Å². The largest absolute Gasteiger partial charge is 0.507 e. The van der Waals surface area contributed by atoms with Gasteiger partial charge >= 0.3 is 5.97 Å². The minimum absolute atomic E-state index is 0.161. The van der Waals surface area contributed by atoms with Crippen molar-refractivity contribution in [1.29, 1.82) is 0 Å². The fourth-order valence-corrected chi connectivity index (χ4v) is 1.50. The molecule has 2 rings (SSSR count).